The highest BCUT2D eigenvalue weighted by Gasteiger charge is 2.23. The quantitative estimate of drug-likeness (QED) is 0.616. The van der Waals surface area contributed by atoms with Gasteiger partial charge in [-0.05, 0) is 32.3 Å². The second-order valence-electron chi connectivity index (χ2n) is 6.25. The Hall–Kier alpha value is -2.43. The summed E-state index contributed by atoms with van der Waals surface area (Å²) in [7, 11) is 0.524. The van der Waals surface area contributed by atoms with Crippen molar-refractivity contribution < 1.29 is 13.2 Å². The van der Waals surface area contributed by atoms with Gasteiger partial charge in [0, 0.05) is 31.7 Å². The van der Waals surface area contributed by atoms with Gasteiger partial charge in [-0.3, -0.25) is 14.7 Å². The molecule has 0 aliphatic rings. The number of carbonyl (C=O) groups excluding carboxylic acids is 1. The number of aromatic nitrogens is 3. The molecular weight excluding hydrogens is 386 g/mol. The van der Waals surface area contributed by atoms with Crippen molar-refractivity contribution in [1.82, 2.24) is 19.9 Å². The number of sulfone groups is 1. The second kappa shape index (κ2) is 7.67. The van der Waals surface area contributed by atoms with Crippen LogP contribution in [0.15, 0.2) is 41.7 Å². The molecule has 1 amide bonds. The van der Waals surface area contributed by atoms with Crippen LogP contribution in [0.3, 0.4) is 0 Å². The standard InChI is InChI=1S/C17H19N5O3S2/c1-21(2)8-9-22(16(23)14-11-18-6-7-19-14)17-20-13-5-4-12(27(3,24)25)10-15(13)26-17/h4-7,10-11H,8-9H2,1-3H3. The molecule has 2 heterocycles. The van der Waals surface area contributed by atoms with E-state index in [9.17, 15) is 13.2 Å². The zero-order valence-corrected chi connectivity index (χ0v) is 16.8. The first kappa shape index (κ1) is 19.3. The third-order valence-electron chi connectivity index (χ3n) is 3.81. The molecule has 0 spiro atoms. The van der Waals surface area contributed by atoms with E-state index in [1.54, 1.807) is 17.0 Å². The first-order valence-electron chi connectivity index (χ1n) is 8.09. The molecule has 0 N–H and O–H groups in total. The number of hydrogen-bond acceptors (Lipinski definition) is 8. The Morgan fingerprint density at radius 3 is 2.59 bits per heavy atom. The van der Waals surface area contributed by atoms with E-state index in [4.69, 9.17) is 0 Å². The van der Waals surface area contributed by atoms with E-state index in [0.717, 1.165) is 6.26 Å². The van der Waals surface area contributed by atoms with Crippen molar-refractivity contribution in [3.05, 3.63) is 42.5 Å². The van der Waals surface area contributed by atoms with Crippen LogP contribution >= 0.6 is 11.3 Å². The minimum atomic E-state index is -3.31. The van der Waals surface area contributed by atoms with Crippen LogP contribution in [0.5, 0.6) is 0 Å². The maximum absolute atomic E-state index is 12.9. The first-order chi connectivity index (χ1) is 12.8. The average Bonchev–Trinajstić information content (AvgIpc) is 3.04. The fraction of sp³-hybridized carbons (Fsp3) is 0.294. The minimum Gasteiger partial charge on any atom is -0.308 e. The highest BCUT2D eigenvalue weighted by atomic mass is 32.2. The van der Waals surface area contributed by atoms with Gasteiger partial charge in [0.2, 0.25) is 0 Å². The lowest BCUT2D eigenvalue weighted by Gasteiger charge is -2.21. The van der Waals surface area contributed by atoms with Crippen molar-refractivity contribution in [3.8, 4) is 0 Å². The molecule has 0 saturated carbocycles. The smallest absolute Gasteiger partial charge is 0.280 e. The van der Waals surface area contributed by atoms with Gasteiger partial charge in [0.1, 0.15) is 5.69 Å². The van der Waals surface area contributed by atoms with E-state index in [2.05, 4.69) is 15.0 Å². The van der Waals surface area contributed by atoms with Gasteiger partial charge in [-0.15, -0.1) is 0 Å². The van der Waals surface area contributed by atoms with E-state index in [0.29, 0.717) is 28.4 Å². The lowest BCUT2D eigenvalue weighted by molar-refractivity contribution is 0.0980. The third kappa shape index (κ3) is 4.46. The van der Waals surface area contributed by atoms with E-state index < -0.39 is 9.84 Å². The van der Waals surface area contributed by atoms with Gasteiger partial charge in [-0.2, -0.15) is 0 Å². The van der Waals surface area contributed by atoms with Crippen molar-refractivity contribution in [2.45, 2.75) is 4.90 Å². The molecular formula is C17H19N5O3S2. The number of carbonyl (C=O) groups is 1. The van der Waals surface area contributed by atoms with E-state index in [1.165, 1.54) is 36.0 Å². The van der Waals surface area contributed by atoms with Crippen molar-refractivity contribution >= 4 is 42.4 Å². The Balaban J connectivity index is 2.02. The predicted octanol–water partition coefficient (Wildman–Crippen LogP) is 1.70. The second-order valence-corrected chi connectivity index (χ2v) is 9.27. The number of anilines is 1. The molecule has 1 aromatic carbocycles. The third-order valence-corrected chi connectivity index (χ3v) is 5.96. The number of amides is 1. The van der Waals surface area contributed by atoms with Crippen LogP contribution in [-0.4, -0.2) is 67.6 Å². The fourth-order valence-electron chi connectivity index (χ4n) is 2.37. The van der Waals surface area contributed by atoms with Gasteiger partial charge in [-0.25, -0.2) is 18.4 Å². The number of nitrogens with zero attached hydrogens (tertiary/aromatic N) is 5. The fourth-order valence-corrected chi connectivity index (χ4v) is 4.12. The lowest BCUT2D eigenvalue weighted by Crippen LogP contribution is -2.37. The number of benzene rings is 1. The zero-order chi connectivity index (χ0) is 19.6. The monoisotopic (exact) mass is 405 g/mol. The molecule has 0 saturated heterocycles. The Bertz CT molecular complexity index is 1060. The molecule has 0 fully saturated rings. The maximum Gasteiger partial charge on any atom is 0.280 e. The summed E-state index contributed by atoms with van der Waals surface area (Å²) in [6, 6.07) is 4.77. The largest absolute Gasteiger partial charge is 0.308 e. The van der Waals surface area contributed by atoms with Gasteiger partial charge >= 0.3 is 0 Å². The molecule has 0 bridgehead atoms. The highest BCUT2D eigenvalue weighted by Crippen LogP contribution is 2.31. The Morgan fingerprint density at radius 2 is 1.96 bits per heavy atom. The molecule has 27 heavy (non-hydrogen) atoms. The van der Waals surface area contributed by atoms with Crippen molar-refractivity contribution in [1.29, 1.82) is 0 Å². The summed E-state index contributed by atoms with van der Waals surface area (Å²) in [6.45, 7) is 1.05. The topological polar surface area (TPSA) is 96.4 Å². The summed E-state index contributed by atoms with van der Waals surface area (Å²) in [4.78, 5) is 29.2. The summed E-state index contributed by atoms with van der Waals surface area (Å²) in [5.41, 5.74) is 0.872. The van der Waals surface area contributed by atoms with E-state index in [1.807, 2.05) is 19.0 Å². The molecule has 3 aromatic rings. The van der Waals surface area contributed by atoms with Gasteiger partial charge in [0.25, 0.3) is 5.91 Å². The summed E-state index contributed by atoms with van der Waals surface area (Å²) >= 11 is 1.27. The molecule has 3 rings (SSSR count). The normalized spacial score (nSPS) is 11.9. The maximum atomic E-state index is 12.9. The first-order valence-corrected chi connectivity index (χ1v) is 10.8. The van der Waals surface area contributed by atoms with Crippen LogP contribution in [-0.2, 0) is 9.84 Å². The minimum absolute atomic E-state index is 0.227. The van der Waals surface area contributed by atoms with Gasteiger partial charge in [0.05, 0.1) is 21.3 Å². The van der Waals surface area contributed by atoms with E-state index >= 15 is 0 Å². The molecule has 8 nitrogen and oxygen atoms in total. The molecule has 0 aliphatic carbocycles. The summed E-state index contributed by atoms with van der Waals surface area (Å²) in [5.74, 6) is -0.299. The lowest BCUT2D eigenvalue weighted by atomic mass is 10.3. The van der Waals surface area contributed by atoms with Crippen LogP contribution in [0.2, 0.25) is 0 Å². The Morgan fingerprint density at radius 1 is 1.19 bits per heavy atom. The SMILES string of the molecule is CN(C)CCN(C(=O)c1cnccn1)c1nc2ccc(S(C)(=O)=O)cc2s1. The van der Waals surface area contributed by atoms with Crippen molar-refractivity contribution in [3.63, 3.8) is 0 Å². The Labute approximate surface area is 161 Å². The van der Waals surface area contributed by atoms with Gasteiger partial charge in [0.15, 0.2) is 15.0 Å². The molecule has 2 aromatic heterocycles. The van der Waals surface area contributed by atoms with Crippen LogP contribution in [0, 0.1) is 0 Å². The molecule has 0 atom stereocenters. The summed E-state index contributed by atoms with van der Waals surface area (Å²) in [5, 5.41) is 0.494. The molecule has 0 unspecified atom stereocenters. The number of thiazole rings is 1. The summed E-state index contributed by atoms with van der Waals surface area (Å²) in [6.07, 6.45) is 5.55. The predicted molar refractivity (Wildman–Crippen MR) is 105 cm³/mol. The average molecular weight is 406 g/mol. The van der Waals surface area contributed by atoms with E-state index in [-0.39, 0.29) is 16.5 Å². The van der Waals surface area contributed by atoms with Crippen LogP contribution < -0.4 is 4.90 Å². The van der Waals surface area contributed by atoms with Crippen molar-refractivity contribution in [2.24, 2.45) is 0 Å². The number of hydrogen-bond donors (Lipinski definition) is 0. The highest BCUT2D eigenvalue weighted by molar-refractivity contribution is 7.90. The Kier molecular flexibility index (Phi) is 5.49. The van der Waals surface area contributed by atoms with Gasteiger partial charge < -0.3 is 4.90 Å². The number of fused-ring (bicyclic) bond motifs is 1. The molecule has 0 radical (unpaired) electrons. The van der Waals surface area contributed by atoms with Crippen LogP contribution in [0.25, 0.3) is 10.2 Å². The van der Waals surface area contributed by atoms with Gasteiger partial charge in [-0.1, -0.05) is 11.3 Å². The number of rotatable bonds is 6. The molecule has 10 heteroatoms. The van der Waals surface area contributed by atoms with Crippen LogP contribution in [0.1, 0.15) is 10.5 Å². The molecule has 142 valence electrons. The molecule has 0 aliphatic heterocycles. The van der Waals surface area contributed by atoms with Crippen LogP contribution in [0.4, 0.5) is 5.13 Å². The van der Waals surface area contributed by atoms with Crippen molar-refractivity contribution in [2.75, 3.05) is 38.3 Å². The summed E-state index contributed by atoms with van der Waals surface area (Å²) < 4.78 is 24.3. The zero-order valence-electron chi connectivity index (χ0n) is 15.2. The number of likely N-dealkylation sites (N-methyl/N-ethyl adjacent to an activating group) is 1.